The lowest BCUT2D eigenvalue weighted by atomic mass is 9.49. The minimum atomic E-state index is -0.0138. The van der Waals surface area contributed by atoms with E-state index in [1.807, 2.05) is 18.7 Å². The van der Waals surface area contributed by atoms with Gasteiger partial charge in [-0.05, 0) is 75.5 Å². The second kappa shape index (κ2) is 8.85. The van der Waals surface area contributed by atoms with Crippen LogP contribution in [0.4, 0.5) is 0 Å². The van der Waals surface area contributed by atoms with Crippen molar-refractivity contribution in [1.29, 1.82) is 0 Å². The van der Waals surface area contributed by atoms with Crippen LogP contribution in [0.2, 0.25) is 0 Å². The highest BCUT2D eigenvalue weighted by atomic mass is 16.2. The van der Waals surface area contributed by atoms with Gasteiger partial charge in [0.1, 0.15) is 0 Å². The molecular formula is C23H38N4O3. The van der Waals surface area contributed by atoms with E-state index in [1.54, 1.807) is 0 Å². The molecule has 5 fully saturated rings. The predicted octanol–water partition coefficient (Wildman–Crippen LogP) is 1.38. The molecule has 0 unspecified atom stereocenters. The number of nitrogens with one attached hydrogen (secondary N) is 2. The summed E-state index contributed by atoms with van der Waals surface area (Å²) < 4.78 is 0. The Labute approximate surface area is 180 Å². The van der Waals surface area contributed by atoms with Crippen LogP contribution in [-0.2, 0) is 14.4 Å². The standard InChI is InChI=1S/C23H38N4O3/c1-16(2)25-21(29)15-26-3-5-27(6-4-26)22(30)14-24-20(28)13-23-10-17-7-18(11-23)9-19(8-17)12-23/h16-19H,3-15H2,1-2H3,(H,24,28)(H,25,29). The summed E-state index contributed by atoms with van der Waals surface area (Å²) >= 11 is 0. The van der Waals surface area contributed by atoms with Crippen LogP contribution in [0.3, 0.4) is 0 Å². The van der Waals surface area contributed by atoms with E-state index in [0.717, 1.165) is 17.8 Å². The highest BCUT2D eigenvalue weighted by molar-refractivity contribution is 5.85. The zero-order valence-electron chi connectivity index (χ0n) is 18.6. The third-order valence-electron chi connectivity index (χ3n) is 7.68. The molecule has 0 aromatic rings. The summed E-state index contributed by atoms with van der Waals surface area (Å²) in [6.45, 7) is 6.98. The summed E-state index contributed by atoms with van der Waals surface area (Å²) in [5.41, 5.74) is 0.212. The van der Waals surface area contributed by atoms with Gasteiger partial charge in [0.2, 0.25) is 17.7 Å². The summed E-state index contributed by atoms with van der Waals surface area (Å²) in [5.74, 6) is 2.58. The zero-order chi connectivity index (χ0) is 21.3. The van der Waals surface area contributed by atoms with Gasteiger partial charge >= 0.3 is 0 Å². The van der Waals surface area contributed by atoms with E-state index in [9.17, 15) is 14.4 Å². The minimum Gasteiger partial charge on any atom is -0.353 e. The molecule has 4 aliphatic carbocycles. The van der Waals surface area contributed by atoms with Crippen LogP contribution in [0, 0.1) is 23.2 Å². The molecule has 5 rings (SSSR count). The first-order valence-corrected chi connectivity index (χ1v) is 11.9. The lowest BCUT2D eigenvalue weighted by molar-refractivity contribution is -0.137. The van der Waals surface area contributed by atoms with Crippen LogP contribution >= 0.6 is 0 Å². The molecule has 7 nitrogen and oxygen atoms in total. The lowest BCUT2D eigenvalue weighted by Crippen LogP contribution is -2.53. The summed E-state index contributed by atoms with van der Waals surface area (Å²) in [6.07, 6.45) is 8.38. The topological polar surface area (TPSA) is 81.8 Å². The molecule has 7 heteroatoms. The van der Waals surface area contributed by atoms with Crippen molar-refractivity contribution >= 4 is 17.7 Å². The molecule has 0 radical (unpaired) electrons. The Kier molecular flexibility index (Phi) is 6.37. The summed E-state index contributed by atoms with van der Waals surface area (Å²) in [7, 11) is 0. The van der Waals surface area contributed by atoms with Crippen LogP contribution < -0.4 is 10.6 Å². The van der Waals surface area contributed by atoms with Gasteiger partial charge in [-0.1, -0.05) is 0 Å². The molecule has 0 spiro atoms. The first-order valence-electron chi connectivity index (χ1n) is 11.9. The molecule has 168 valence electrons. The van der Waals surface area contributed by atoms with Crippen molar-refractivity contribution in [1.82, 2.24) is 20.4 Å². The van der Waals surface area contributed by atoms with Gasteiger partial charge in [0.25, 0.3) is 0 Å². The van der Waals surface area contributed by atoms with E-state index in [4.69, 9.17) is 0 Å². The first-order chi connectivity index (χ1) is 14.3. The number of nitrogens with zero attached hydrogens (tertiary/aromatic N) is 2. The van der Waals surface area contributed by atoms with Crippen LogP contribution in [0.25, 0.3) is 0 Å². The molecule has 1 aliphatic heterocycles. The molecule has 1 heterocycles. The molecule has 5 aliphatic rings. The molecule has 4 bridgehead atoms. The van der Waals surface area contributed by atoms with Crippen LogP contribution in [0.15, 0.2) is 0 Å². The Morgan fingerprint density at radius 2 is 1.47 bits per heavy atom. The average Bonchev–Trinajstić information content (AvgIpc) is 2.64. The molecule has 1 saturated heterocycles. The SMILES string of the molecule is CC(C)NC(=O)CN1CCN(C(=O)CNC(=O)CC23CC4CC(CC(C4)C2)C3)CC1. The van der Waals surface area contributed by atoms with E-state index in [2.05, 4.69) is 15.5 Å². The maximum atomic E-state index is 12.6. The highest BCUT2D eigenvalue weighted by Gasteiger charge is 2.51. The quantitative estimate of drug-likeness (QED) is 0.654. The van der Waals surface area contributed by atoms with Crippen molar-refractivity contribution in [3.8, 4) is 0 Å². The maximum absolute atomic E-state index is 12.6. The Morgan fingerprint density at radius 3 is 2.00 bits per heavy atom. The number of amides is 3. The fraction of sp³-hybridized carbons (Fsp3) is 0.870. The Morgan fingerprint density at radius 1 is 0.900 bits per heavy atom. The van der Waals surface area contributed by atoms with E-state index in [1.165, 1.54) is 38.5 Å². The molecule has 0 aromatic carbocycles. The number of piperazine rings is 1. The van der Waals surface area contributed by atoms with Crippen molar-refractivity contribution in [3.63, 3.8) is 0 Å². The number of hydrogen-bond acceptors (Lipinski definition) is 4. The van der Waals surface area contributed by atoms with E-state index >= 15 is 0 Å². The van der Waals surface area contributed by atoms with Gasteiger partial charge in [-0.15, -0.1) is 0 Å². The predicted molar refractivity (Wildman–Crippen MR) is 115 cm³/mol. The molecular weight excluding hydrogens is 380 g/mol. The summed E-state index contributed by atoms with van der Waals surface area (Å²) in [4.78, 5) is 41.0. The second-order valence-corrected chi connectivity index (χ2v) is 10.8. The molecule has 30 heavy (non-hydrogen) atoms. The molecule has 4 saturated carbocycles. The smallest absolute Gasteiger partial charge is 0.242 e. The van der Waals surface area contributed by atoms with Crippen LogP contribution in [0.5, 0.6) is 0 Å². The van der Waals surface area contributed by atoms with Crippen molar-refractivity contribution < 1.29 is 14.4 Å². The number of carbonyl (C=O) groups is 3. The first kappa shape index (κ1) is 21.6. The molecule has 2 N–H and O–H groups in total. The molecule has 3 amide bonds. The Balaban J connectivity index is 1.17. The zero-order valence-corrected chi connectivity index (χ0v) is 18.6. The molecule has 0 aromatic heterocycles. The van der Waals surface area contributed by atoms with E-state index in [0.29, 0.717) is 39.1 Å². The van der Waals surface area contributed by atoms with Gasteiger partial charge in [-0.25, -0.2) is 0 Å². The van der Waals surface area contributed by atoms with Gasteiger partial charge in [-0.2, -0.15) is 0 Å². The highest BCUT2D eigenvalue weighted by Crippen LogP contribution is 2.61. The third-order valence-corrected chi connectivity index (χ3v) is 7.68. The van der Waals surface area contributed by atoms with Gasteiger partial charge < -0.3 is 15.5 Å². The lowest BCUT2D eigenvalue weighted by Gasteiger charge is -2.56. The fourth-order valence-electron chi connectivity index (χ4n) is 6.92. The van der Waals surface area contributed by atoms with Gasteiger partial charge in [0.15, 0.2) is 0 Å². The van der Waals surface area contributed by atoms with Crippen LogP contribution in [-0.4, -0.2) is 72.8 Å². The van der Waals surface area contributed by atoms with Gasteiger partial charge in [-0.3, -0.25) is 19.3 Å². The third kappa shape index (κ3) is 5.16. The normalized spacial score (nSPS) is 33.0. The van der Waals surface area contributed by atoms with Gasteiger partial charge in [0, 0.05) is 38.6 Å². The monoisotopic (exact) mass is 418 g/mol. The summed E-state index contributed by atoms with van der Waals surface area (Å²) in [6, 6.07) is 0.141. The van der Waals surface area contributed by atoms with Gasteiger partial charge in [0.05, 0.1) is 13.1 Å². The van der Waals surface area contributed by atoms with E-state index < -0.39 is 0 Å². The maximum Gasteiger partial charge on any atom is 0.242 e. The number of carbonyl (C=O) groups excluding carboxylic acids is 3. The van der Waals surface area contributed by atoms with Crippen molar-refractivity contribution in [2.24, 2.45) is 23.2 Å². The summed E-state index contributed by atoms with van der Waals surface area (Å²) in [5, 5.41) is 5.81. The Bertz CT molecular complexity index is 634. The average molecular weight is 419 g/mol. The van der Waals surface area contributed by atoms with Crippen molar-refractivity contribution in [2.75, 3.05) is 39.3 Å². The minimum absolute atomic E-state index is 0.0138. The van der Waals surface area contributed by atoms with E-state index in [-0.39, 0.29) is 35.7 Å². The van der Waals surface area contributed by atoms with Crippen molar-refractivity contribution in [3.05, 3.63) is 0 Å². The molecule has 0 atom stereocenters. The number of hydrogen-bond donors (Lipinski definition) is 2. The largest absolute Gasteiger partial charge is 0.353 e. The van der Waals surface area contributed by atoms with Crippen LogP contribution in [0.1, 0.15) is 58.8 Å². The van der Waals surface area contributed by atoms with Crippen molar-refractivity contribution in [2.45, 2.75) is 64.8 Å². The fourth-order valence-corrected chi connectivity index (χ4v) is 6.92. The number of rotatable bonds is 7. The second-order valence-electron chi connectivity index (χ2n) is 10.8. The Hall–Kier alpha value is -1.63.